The summed E-state index contributed by atoms with van der Waals surface area (Å²) >= 11 is 0. The van der Waals surface area contributed by atoms with Gasteiger partial charge in [-0.25, -0.2) is 0 Å². The van der Waals surface area contributed by atoms with Crippen molar-refractivity contribution in [3.05, 3.63) is 24.3 Å². The van der Waals surface area contributed by atoms with Crippen molar-refractivity contribution in [2.45, 2.75) is 0 Å². The van der Waals surface area contributed by atoms with Crippen LogP contribution in [0.25, 0.3) is 0 Å². The summed E-state index contributed by atoms with van der Waals surface area (Å²) in [4.78, 5) is 0. The molecule has 4 nitrogen and oxygen atoms in total. The number of nitrogen functional groups attached to an aromatic ring is 1. The molecular formula is C10H19Cl2N3O. The normalized spacial score (nSPS) is 8.81. The van der Waals surface area contributed by atoms with Crippen LogP contribution in [0.4, 0.5) is 11.4 Å². The third kappa shape index (κ3) is 7.59. The van der Waals surface area contributed by atoms with Crippen LogP contribution < -0.4 is 16.4 Å². The molecule has 0 heterocycles. The Bertz CT molecular complexity index is 257. The van der Waals surface area contributed by atoms with Gasteiger partial charge in [0.05, 0.1) is 6.61 Å². The molecule has 0 aliphatic rings. The Morgan fingerprint density at radius 2 is 1.62 bits per heavy atom. The number of nitrogens with two attached hydrogens (primary N) is 1. The molecule has 1 aromatic carbocycles. The molecule has 0 amide bonds. The van der Waals surface area contributed by atoms with Crippen LogP contribution in [0.15, 0.2) is 24.3 Å². The molecule has 1 rings (SSSR count). The molecule has 1 aromatic rings. The zero-order valence-electron chi connectivity index (χ0n) is 8.98. The number of nitrogens with one attached hydrogen (secondary N) is 2. The monoisotopic (exact) mass is 267 g/mol. The smallest absolute Gasteiger partial charge is 0.0555 e. The number of aliphatic hydroxyl groups excluding tert-OH is 1. The fourth-order valence-electron chi connectivity index (χ4n) is 1.10. The van der Waals surface area contributed by atoms with E-state index < -0.39 is 0 Å². The second-order valence-corrected chi connectivity index (χ2v) is 3.02. The second kappa shape index (κ2) is 10.8. The molecule has 16 heavy (non-hydrogen) atoms. The maximum atomic E-state index is 8.52. The summed E-state index contributed by atoms with van der Waals surface area (Å²) in [6.45, 7) is 2.50. The summed E-state index contributed by atoms with van der Waals surface area (Å²) in [7, 11) is 0. The Morgan fingerprint density at radius 3 is 2.19 bits per heavy atom. The van der Waals surface area contributed by atoms with Gasteiger partial charge in [-0.15, -0.1) is 24.8 Å². The number of aliphatic hydroxyl groups is 1. The predicted molar refractivity (Wildman–Crippen MR) is 73.8 cm³/mol. The van der Waals surface area contributed by atoms with Crippen LogP contribution in [0.1, 0.15) is 0 Å². The van der Waals surface area contributed by atoms with E-state index in [0.29, 0.717) is 6.54 Å². The average Bonchev–Trinajstić information content (AvgIpc) is 2.21. The minimum Gasteiger partial charge on any atom is -0.399 e. The lowest BCUT2D eigenvalue weighted by Gasteiger charge is -2.06. The molecule has 0 fully saturated rings. The highest BCUT2D eigenvalue weighted by atomic mass is 35.5. The van der Waals surface area contributed by atoms with Crippen LogP contribution >= 0.6 is 24.8 Å². The fraction of sp³-hybridized carbons (Fsp3) is 0.400. The third-order valence-corrected chi connectivity index (χ3v) is 1.83. The summed E-state index contributed by atoms with van der Waals surface area (Å²) in [5, 5.41) is 14.8. The Balaban J connectivity index is 0. The zero-order chi connectivity index (χ0) is 10.2. The van der Waals surface area contributed by atoms with E-state index in [1.54, 1.807) is 0 Å². The zero-order valence-corrected chi connectivity index (χ0v) is 10.6. The molecule has 0 unspecified atom stereocenters. The molecule has 0 radical (unpaired) electrons. The molecule has 0 aliphatic carbocycles. The van der Waals surface area contributed by atoms with Crippen LogP contribution in [0, 0.1) is 0 Å². The van der Waals surface area contributed by atoms with E-state index in [-0.39, 0.29) is 31.4 Å². The third-order valence-electron chi connectivity index (χ3n) is 1.83. The van der Waals surface area contributed by atoms with Gasteiger partial charge in [-0.3, -0.25) is 0 Å². The van der Waals surface area contributed by atoms with Gasteiger partial charge in [-0.2, -0.15) is 0 Å². The molecule has 5 N–H and O–H groups in total. The van der Waals surface area contributed by atoms with E-state index >= 15 is 0 Å². The Kier molecular flexibility index (Phi) is 12.0. The van der Waals surface area contributed by atoms with E-state index in [1.807, 2.05) is 24.3 Å². The lowest BCUT2D eigenvalue weighted by Crippen LogP contribution is -2.24. The summed E-state index contributed by atoms with van der Waals surface area (Å²) in [5.74, 6) is 0. The minimum absolute atomic E-state index is 0. The van der Waals surface area contributed by atoms with Gasteiger partial charge in [0, 0.05) is 31.0 Å². The predicted octanol–water partition coefficient (Wildman–Crippen LogP) is 1.11. The number of benzene rings is 1. The van der Waals surface area contributed by atoms with Crippen LogP contribution in [0.2, 0.25) is 0 Å². The molecule has 0 bridgehead atoms. The Labute approximate surface area is 108 Å². The minimum atomic E-state index is 0. The van der Waals surface area contributed by atoms with Gasteiger partial charge >= 0.3 is 0 Å². The van der Waals surface area contributed by atoms with Crippen molar-refractivity contribution >= 4 is 36.2 Å². The number of hydrogen-bond acceptors (Lipinski definition) is 4. The van der Waals surface area contributed by atoms with Gasteiger partial charge in [-0.05, 0) is 24.3 Å². The van der Waals surface area contributed by atoms with Gasteiger partial charge in [-0.1, -0.05) is 0 Å². The lowest BCUT2D eigenvalue weighted by molar-refractivity contribution is 0.293. The summed E-state index contributed by atoms with van der Waals surface area (Å²) in [6.07, 6.45) is 0. The van der Waals surface area contributed by atoms with Gasteiger partial charge in [0.15, 0.2) is 0 Å². The van der Waals surface area contributed by atoms with Crippen molar-refractivity contribution in [1.82, 2.24) is 5.32 Å². The highest BCUT2D eigenvalue weighted by molar-refractivity contribution is 5.85. The van der Waals surface area contributed by atoms with Crippen LogP contribution in [0.3, 0.4) is 0 Å². The van der Waals surface area contributed by atoms with Gasteiger partial charge in [0.1, 0.15) is 0 Å². The Morgan fingerprint density at radius 1 is 1.00 bits per heavy atom. The average molecular weight is 268 g/mol. The molecule has 94 valence electrons. The van der Waals surface area contributed by atoms with Gasteiger partial charge in [0.2, 0.25) is 0 Å². The SMILES string of the molecule is Cl.Cl.Nc1ccc(NCCNCCO)cc1. The lowest BCUT2D eigenvalue weighted by atomic mass is 10.3. The first-order chi connectivity index (χ1) is 6.83. The van der Waals surface area contributed by atoms with Gasteiger partial charge in [0.25, 0.3) is 0 Å². The molecule has 0 atom stereocenters. The molecule has 0 saturated heterocycles. The summed E-state index contributed by atoms with van der Waals surface area (Å²) in [6, 6.07) is 7.62. The first-order valence-electron chi connectivity index (χ1n) is 4.74. The summed E-state index contributed by atoms with van der Waals surface area (Å²) < 4.78 is 0. The van der Waals surface area contributed by atoms with Crippen LogP contribution in [-0.4, -0.2) is 31.3 Å². The highest BCUT2D eigenvalue weighted by Gasteiger charge is 1.90. The second-order valence-electron chi connectivity index (χ2n) is 3.02. The topological polar surface area (TPSA) is 70.3 Å². The summed E-state index contributed by atoms with van der Waals surface area (Å²) in [5.41, 5.74) is 7.39. The van der Waals surface area contributed by atoms with E-state index in [1.165, 1.54) is 0 Å². The van der Waals surface area contributed by atoms with Crippen LogP contribution in [0.5, 0.6) is 0 Å². The van der Waals surface area contributed by atoms with Crippen molar-refractivity contribution in [1.29, 1.82) is 0 Å². The molecule has 0 spiro atoms. The van der Waals surface area contributed by atoms with E-state index in [4.69, 9.17) is 10.8 Å². The van der Waals surface area contributed by atoms with Crippen molar-refractivity contribution < 1.29 is 5.11 Å². The Hall–Kier alpha value is -0.680. The highest BCUT2D eigenvalue weighted by Crippen LogP contribution is 2.09. The van der Waals surface area contributed by atoms with Gasteiger partial charge < -0.3 is 21.5 Å². The first kappa shape index (κ1) is 17.7. The maximum absolute atomic E-state index is 8.52. The van der Waals surface area contributed by atoms with Crippen molar-refractivity contribution in [3.63, 3.8) is 0 Å². The number of hydrogen-bond donors (Lipinski definition) is 4. The number of halogens is 2. The molecule has 0 aliphatic heterocycles. The number of rotatable bonds is 6. The molecule has 6 heteroatoms. The first-order valence-corrected chi connectivity index (χ1v) is 4.74. The largest absolute Gasteiger partial charge is 0.399 e. The van der Waals surface area contributed by atoms with E-state index in [2.05, 4.69) is 10.6 Å². The van der Waals surface area contributed by atoms with E-state index in [9.17, 15) is 0 Å². The van der Waals surface area contributed by atoms with Crippen molar-refractivity contribution in [2.75, 3.05) is 37.3 Å². The maximum Gasteiger partial charge on any atom is 0.0555 e. The van der Waals surface area contributed by atoms with Crippen molar-refractivity contribution in [3.8, 4) is 0 Å². The molecule has 0 saturated carbocycles. The number of anilines is 2. The molecule has 0 aromatic heterocycles. The fourth-order valence-corrected chi connectivity index (χ4v) is 1.10. The standard InChI is InChI=1S/C10H17N3O.2ClH/c11-9-1-3-10(4-2-9)13-6-5-12-7-8-14;;/h1-4,12-14H,5-8,11H2;2*1H. The quantitative estimate of drug-likeness (QED) is 0.461. The van der Waals surface area contributed by atoms with E-state index in [0.717, 1.165) is 24.5 Å². The van der Waals surface area contributed by atoms with Crippen molar-refractivity contribution in [2.24, 2.45) is 0 Å². The molecular weight excluding hydrogens is 249 g/mol. The van der Waals surface area contributed by atoms with Crippen LogP contribution in [-0.2, 0) is 0 Å².